The normalized spacial score (nSPS) is 16.9. The van der Waals surface area contributed by atoms with Crippen molar-refractivity contribution in [2.45, 2.75) is 25.2 Å². The number of para-hydroxylation sites is 1. The van der Waals surface area contributed by atoms with E-state index in [1.165, 1.54) is 6.07 Å². The maximum atomic E-state index is 11.3. The number of carboxylic acids is 1. The van der Waals surface area contributed by atoms with E-state index in [1.54, 1.807) is 18.2 Å². The summed E-state index contributed by atoms with van der Waals surface area (Å²) in [6.07, 6.45) is 4.73. The van der Waals surface area contributed by atoms with Gasteiger partial charge in [-0.1, -0.05) is 29.8 Å². The van der Waals surface area contributed by atoms with Crippen LogP contribution in [-0.4, -0.2) is 16.2 Å². The summed E-state index contributed by atoms with van der Waals surface area (Å²) in [6.45, 7) is 0. The lowest BCUT2D eigenvalue weighted by atomic mass is 9.90. The zero-order valence-corrected chi connectivity index (χ0v) is 8.89. The first-order valence-corrected chi connectivity index (χ1v) is 5.40. The molecular weight excluding hydrogens is 204 g/mol. The molecule has 2 rings (SSSR count). The molecule has 0 unspecified atom stereocenters. The standard InChI is InChI=1S/C13H14O3/c14-11-8-4-3-7-10(11)12(13(15)16)9-5-1-2-6-9/h3-5,7-8,12,14H,1-2,6H2,(H,15,16)/t12-/m0/s1. The molecule has 1 aromatic rings. The van der Waals surface area contributed by atoms with Crippen LogP contribution in [-0.2, 0) is 4.79 Å². The molecule has 0 aromatic heterocycles. The van der Waals surface area contributed by atoms with E-state index in [4.69, 9.17) is 0 Å². The Labute approximate surface area is 94.0 Å². The summed E-state index contributed by atoms with van der Waals surface area (Å²) in [5.41, 5.74) is 1.40. The number of aromatic hydroxyl groups is 1. The SMILES string of the molecule is O=C(O)[C@@H](C1=CCCC1)c1ccccc1O. The quantitative estimate of drug-likeness (QED) is 0.767. The van der Waals surface area contributed by atoms with Crippen LogP contribution in [0.25, 0.3) is 0 Å². The highest BCUT2D eigenvalue weighted by molar-refractivity contribution is 5.81. The second kappa shape index (κ2) is 4.39. The molecule has 0 radical (unpaired) electrons. The van der Waals surface area contributed by atoms with Gasteiger partial charge in [0.05, 0.1) is 0 Å². The minimum atomic E-state index is -0.894. The third-order valence-corrected chi connectivity index (χ3v) is 2.94. The van der Waals surface area contributed by atoms with Gasteiger partial charge in [-0.15, -0.1) is 0 Å². The van der Waals surface area contributed by atoms with Crippen molar-refractivity contribution >= 4 is 5.97 Å². The van der Waals surface area contributed by atoms with Crippen molar-refractivity contribution in [3.8, 4) is 5.75 Å². The summed E-state index contributed by atoms with van der Waals surface area (Å²) in [6, 6.07) is 6.65. The third-order valence-electron chi connectivity index (χ3n) is 2.94. The Hall–Kier alpha value is -1.77. The zero-order valence-electron chi connectivity index (χ0n) is 8.89. The summed E-state index contributed by atoms with van der Waals surface area (Å²) in [4.78, 5) is 11.3. The van der Waals surface area contributed by atoms with Crippen molar-refractivity contribution in [3.63, 3.8) is 0 Å². The Kier molecular flexibility index (Phi) is 2.95. The van der Waals surface area contributed by atoms with E-state index in [1.807, 2.05) is 6.08 Å². The van der Waals surface area contributed by atoms with Crippen molar-refractivity contribution < 1.29 is 15.0 Å². The fourth-order valence-electron chi connectivity index (χ4n) is 2.18. The lowest BCUT2D eigenvalue weighted by Crippen LogP contribution is -2.13. The van der Waals surface area contributed by atoms with E-state index >= 15 is 0 Å². The van der Waals surface area contributed by atoms with Gasteiger partial charge in [-0.3, -0.25) is 4.79 Å². The topological polar surface area (TPSA) is 57.5 Å². The predicted octanol–water partition coefficient (Wildman–Crippen LogP) is 2.67. The molecule has 1 aliphatic rings. The maximum Gasteiger partial charge on any atom is 0.315 e. The summed E-state index contributed by atoms with van der Waals surface area (Å²) < 4.78 is 0. The molecule has 2 N–H and O–H groups in total. The van der Waals surface area contributed by atoms with E-state index < -0.39 is 11.9 Å². The van der Waals surface area contributed by atoms with E-state index in [0.29, 0.717) is 5.56 Å². The van der Waals surface area contributed by atoms with Crippen molar-refractivity contribution in [2.24, 2.45) is 0 Å². The molecule has 16 heavy (non-hydrogen) atoms. The van der Waals surface area contributed by atoms with E-state index in [0.717, 1.165) is 24.8 Å². The fourth-order valence-corrected chi connectivity index (χ4v) is 2.18. The van der Waals surface area contributed by atoms with Crippen LogP contribution < -0.4 is 0 Å². The second-order valence-electron chi connectivity index (χ2n) is 4.00. The van der Waals surface area contributed by atoms with Crippen LogP contribution in [0.15, 0.2) is 35.9 Å². The van der Waals surface area contributed by atoms with Gasteiger partial charge in [-0.2, -0.15) is 0 Å². The molecule has 0 saturated heterocycles. The maximum absolute atomic E-state index is 11.3. The summed E-state index contributed by atoms with van der Waals surface area (Å²) in [7, 11) is 0. The number of phenolic OH excluding ortho intramolecular Hbond substituents is 1. The molecule has 84 valence electrons. The Morgan fingerprint density at radius 1 is 1.31 bits per heavy atom. The number of benzene rings is 1. The molecule has 3 heteroatoms. The first-order chi connectivity index (χ1) is 7.70. The average Bonchev–Trinajstić information content (AvgIpc) is 2.74. The van der Waals surface area contributed by atoms with Gasteiger partial charge < -0.3 is 10.2 Å². The minimum absolute atomic E-state index is 0.0581. The predicted molar refractivity (Wildman–Crippen MR) is 60.4 cm³/mol. The number of carbonyl (C=O) groups is 1. The van der Waals surface area contributed by atoms with Crippen LogP contribution in [0.4, 0.5) is 0 Å². The van der Waals surface area contributed by atoms with Gasteiger partial charge in [0.2, 0.25) is 0 Å². The van der Waals surface area contributed by atoms with Gasteiger partial charge in [-0.05, 0) is 25.3 Å². The first kappa shape index (κ1) is 10.7. The van der Waals surface area contributed by atoms with Gasteiger partial charge >= 0.3 is 5.97 Å². The van der Waals surface area contributed by atoms with Crippen molar-refractivity contribution in [3.05, 3.63) is 41.5 Å². The smallest absolute Gasteiger partial charge is 0.315 e. The molecule has 0 saturated carbocycles. The van der Waals surface area contributed by atoms with Crippen LogP contribution >= 0.6 is 0 Å². The number of phenols is 1. The lowest BCUT2D eigenvalue weighted by Gasteiger charge is -2.15. The molecular formula is C13H14O3. The van der Waals surface area contributed by atoms with Gasteiger partial charge in [0, 0.05) is 5.56 Å². The summed E-state index contributed by atoms with van der Waals surface area (Å²) in [5.74, 6) is -1.53. The van der Waals surface area contributed by atoms with Crippen molar-refractivity contribution in [2.75, 3.05) is 0 Å². The van der Waals surface area contributed by atoms with Gasteiger partial charge in [0.25, 0.3) is 0 Å². The minimum Gasteiger partial charge on any atom is -0.508 e. The number of allylic oxidation sites excluding steroid dienone is 1. The van der Waals surface area contributed by atoms with Crippen molar-refractivity contribution in [1.29, 1.82) is 0 Å². The van der Waals surface area contributed by atoms with Crippen molar-refractivity contribution in [1.82, 2.24) is 0 Å². The lowest BCUT2D eigenvalue weighted by molar-refractivity contribution is -0.137. The highest BCUT2D eigenvalue weighted by Crippen LogP contribution is 2.36. The summed E-state index contributed by atoms with van der Waals surface area (Å²) in [5, 5.41) is 19.0. The van der Waals surface area contributed by atoms with Crippen LogP contribution in [0.1, 0.15) is 30.7 Å². The zero-order chi connectivity index (χ0) is 11.5. The molecule has 0 amide bonds. The molecule has 3 nitrogen and oxygen atoms in total. The highest BCUT2D eigenvalue weighted by Gasteiger charge is 2.27. The number of hydrogen-bond acceptors (Lipinski definition) is 2. The van der Waals surface area contributed by atoms with Crippen LogP contribution in [0.5, 0.6) is 5.75 Å². The van der Waals surface area contributed by atoms with E-state index in [9.17, 15) is 15.0 Å². The highest BCUT2D eigenvalue weighted by atomic mass is 16.4. The number of carboxylic acid groups (broad SMARTS) is 1. The van der Waals surface area contributed by atoms with Gasteiger partial charge in [0.1, 0.15) is 11.7 Å². The third kappa shape index (κ3) is 1.94. The molecule has 0 spiro atoms. The van der Waals surface area contributed by atoms with Crippen LogP contribution in [0.3, 0.4) is 0 Å². The molecule has 1 atom stereocenters. The molecule has 0 bridgehead atoms. The number of hydrogen-bond donors (Lipinski definition) is 2. The van der Waals surface area contributed by atoms with E-state index in [-0.39, 0.29) is 5.75 Å². The number of aliphatic carboxylic acids is 1. The van der Waals surface area contributed by atoms with Crippen LogP contribution in [0, 0.1) is 0 Å². The largest absolute Gasteiger partial charge is 0.508 e. The van der Waals surface area contributed by atoms with E-state index in [2.05, 4.69) is 0 Å². The Bertz CT molecular complexity index is 435. The Balaban J connectivity index is 2.40. The Morgan fingerprint density at radius 2 is 2.06 bits per heavy atom. The van der Waals surface area contributed by atoms with Gasteiger partial charge in [0.15, 0.2) is 0 Å². The molecule has 0 aliphatic heterocycles. The average molecular weight is 218 g/mol. The first-order valence-electron chi connectivity index (χ1n) is 5.40. The molecule has 1 aliphatic carbocycles. The van der Waals surface area contributed by atoms with Crippen LogP contribution in [0.2, 0.25) is 0 Å². The fraction of sp³-hybridized carbons (Fsp3) is 0.308. The Morgan fingerprint density at radius 3 is 2.62 bits per heavy atom. The molecule has 0 fully saturated rings. The number of rotatable bonds is 3. The van der Waals surface area contributed by atoms with Gasteiger partial charge in [-0.25, -0.2) is 0 Å². The monoisotopic (exact) mass is 218 g/mol. The molecule has 1 aromatic carbocycles. The molecule has 0 heterocycles. The second-order valence-corrected chi connectivity index (χ2v) is 4.00. The summed E-state index contributed by atoms with van der Waals surface area (Å²) >= 11 is 0.